The molecule has 2 aromatic carbocycles. The summed E-state index contributed by atoms with van der Waals surface area (Å²) in [5.41, 5.74) is 3.18. The highest BCUT2D eigenvalue weighted by Gasteiger charge is 2.07. The summed E-state index contributed by atoms with van der Waals surface area (Å²) in [4.78, 5) is 27.8. The van der Waals surface area contributed by atoms with E-state index in [0.29, 0.717) is 5.56 Å². The number of carbonyl (C=O) groups excluding carboxylic acids is 2. The fourth-order valence-electron chi connectivity index (χ4n) is 2.53. The summed E-state index contributed by atoms with van der Waals surface area (Å²) in [6.07, 6.45) is 4.43. The summed E-state index contributed by atoms with van der Waals surface area (Å²) in [7, 11) is 0. The lowest BCUT2D eigenvalue weighted by Gasteiger charge is -2.13. The predicted octanol–water partition coefficient (Wildman–Crippen LogP) is 4.45. The number of anilines is 2. The Morgan fingerprint density at radius 1 is 1.04 bits per heavy atom. The van der Waals surface area contributed by atoms with E-state index in [1.165, 1.54) is 6.92 Å². The van der Waals surface area contributed by atoms with Crippen LogP contribution in [0.4, 0.5) is 11.4 Å². The summed E-state index contributed by atoms with van der Waals surface area (Å²) in [6, 6.07) is 14.7. The normalized spacial score (nSPS) is 13.9. The number of benzene rings is 2. The van der Waals surface area contributed by atoms with Gasteiger partial charge in [0.15, 0.2) is 11.0 Å². The molecule has 1 aliphatic heterocycles. The van der Waals surface area contributed by atoms with Crippen molar-refractivity contribution >= 4 is 46.1 Å². The van der Waals surface area contributed by atoms with Gasteiger partial charge in [0, 0.05) is 36.2 Å². The zero-order chi connectivity index (χ0) is 19.1. The molecule has 0 spiro atoms. The molecule has 2 N–H and O–H groups in total. The largest absolute Gasteiger partial charge is 0.335 e. The molecule has 27 heavy (non-hydrogen) atoms. The fourth-order valence-corrected chi connectivity index (χ4v) is 3.36. The van der Waals surface area contributed by atoms with Gasteiger partial charge in [0.2, 0.25) is 5.91 Å². The molecule has 1 aliphatic rings. The summed E-state index contributed by atoms with van der Waals surface area (Å²) < 4.78 is 0. The standard InChI is InChI=1S/C21H21N3O2S/c1-15(25)23-18-8-3-16(4-9-18)5-12-20(26)17-6-10-19(11-7-17)24-21-22-13-2-14-27-21/h3-12H,2,13-14H2,1H3,(H,22,24)(H,23,25)/b12-5+. The second kappa shape index (κ2) is 9.19. The molecule has 0 radical (unpaired) electrons. The predicted molar refractivity (Wildman–Crippen MR) is 114 cm³/mol. The van der Waals surface area contributed by atoms with E-state index in [4.69, 9.17) is 0 Å². The van der Waals surface area contributed by atoms with Crippen molar-refractivity contribution in [3.63, 3.8) is 0 Å². The van der Waals surface area contributed by atoms with E-state index in [2.05, 4.69) is 15.6 Å². The van der Waals surface area contributed by atoms with Crippen molar-refractivity contribution < 1.29 is 9.59 Å². The van der Waals surface area contributed by atoms with Crippen LogP contribution in [-0.4, -0.2) is 29.2 Å². The Morgan fingerprint density at radius 2 is 1.74 bits per heavy atom. The molecular formula is C21H21N3O2S. The van der Waals surface area contributed by atoms with Crippen molar-refractivity contribution in [2.75, 3.05) is 22.9 Å². The average Bonchev–Trinajstić information content (AvgIpc) is 2.68. The molecule has 1 amide bonds. The third-order valence-electron chi connectivity index (χ3n) is 3.88. The van der Waals surface area contributed by atoms with Crippen LogP contribution in [0.5, 0.6) is 0 Å². The number of ketones is 1. The number of aliphatic imine (C=N–C) groups is 1. The molecule has 1 heterocycles. The van der Waals surface area contributed by atoms with Crippen LogP contribution in [0.15, 0.2) is 59.6 Å². The molecule has 138 valence electrons. The van der Waals surface area contributed by atoms with Gasteiger partial charge in [-0.25, -0.2) is 0 Å². The summed E-state index contributed by atoms with van der Waals surface area (Å²) in [5, 5.41) is 6.92. The Hall–Kier alpha value is -2.86. The molecule has 0 fully saturated rings. The zero-order valence-corrected chi connectivity index (χ0v) is 15.9. The van der Waals surface area contributed by atoms with E-state index in [1.807, 2.05) is 36.4 Å². The van der Waals surface area contributed by atoms with E-state index in [1.54, 1.807) is 36.0 Å². The topological polar surface area (TPSA) is 70.6 Å². The first-order valence-electron chi connectivity index (χ1n) is 8.74. The molecule has 3 rings (SSSR count). The number of rotatable bonds is 5. The Labute approximate surface area is 163 Å². The Bertz CT molecular complexity index is 871. The van der Waals surface area contributed by atoms with Crippen LogP contribution in [0.3, 0.4) is 0 Å². The third kappa shape index (κ3) is 5.82. The van der Waals surface area contributed by atoms with Crippen molar-refractivity contribution in [2.24, 2.45) is 4.99 Å². The lowest BCUT2D eigenvalue weighted by molar-refractivity contribution is -0.114. The molecule has 0 unspecified atom stereocenters. The molecule has 5 nitrogen and oxygen atoms in total. The summed E-state index contributed by atoms with van der Waals surface area (Å²) in [5.74, 6) is 0.913. The fraction of sp³-hybridized carbons (Fsp3) is 0.190. The van der Waals surface area contributed by atoms with Gasteiger partial charge in [0.25, 0.3) is 0 Å². The molecule has 0 aromatic heterocycles. The summed E-state index contributed by atoms with van der Waals surface area (Å²) in [6.45, 7) is 2.33. The van der Waals surface area contributed by atoms with Gasteiger partial charge in [-0.3, -0.25) is 14.6 Å². The number of nitrogens with zero attached hydrogens (tertiary/aromatic N) is 1. The molecule has 0 aliphatic carbocycles. The number of nitrogens with one attached hydrogen (secondary N) is 2. The van der Waals surface area contributed by atoms with Gasteiger partial charge in [-0.05, 0) is 54.5 Å². The SMILES string of the molecule is CC(=O)Nc1ccc(/C=C/C(=O)c2ccc(NC3=NCCCS3)cc2)cc1. The Balaban J connectivity index is 1.59. The molecule has 6 heteroatoms. The van der Waals surface area contributed by atoms with Crippen LogP contribution in [0, 0.1) is 0 Å². The average molecular weight is 379 g/mol. The maximum atomic E-state index is 12.3. The quantitative estimate of drug-likeness (QED) is 0.595. The highest BCUT2D eigenvalue weighted by molar-refractivity contribution is 8.14. The Kier molecular flexibility index (Phi) is 6.44. The lowest BCUT2D eigenvalue weighted by atomic mass is 10.1. The number of hydrogen-bond acceptors (Lipinski definition) is 5. The van der Waals surface area contributed by atoms with Crippen LogP contribution in [-0.2, 0) is 4.79 Å². The molecule has 0 atom stereocenters. The van der Waals surface area contributed by atoms with Gasteiger partial charge in [-0.2, -0.15) is 0 Å². The monoisotopic (exact) mass is 379 g/mol. The number of thioether (sulfide) groups is 1. The van der Waals surface area contributed by atoms with Gasteiger partial charge < -0.3 is 10.6 Å². The van der Waals surface area contributed by atoms with Crippen LogP contribution in [0.25, 0.3) is 6.08 Å². The smallest absolute Gasteiger partial charge is 0.221 e. The number of amidine groups is 1. The van der Waals surface area contributed by atoms with Crippen LogP contribution in [0.2, 0.25) is 0 Å². The maximum Gasteiger partial charge on any atom is 0.221 e. The highest BCUT2D eigenvalue weighted by atomic mass is 32.2. The van der Waals surface area contributed by atoms with E-state index < -0.39 is 0 Å². The van der Waals surface area contributed by atoms with Crippen LogP contribution < -0.4 is 10.6 Å². The first kappa shape index (κ1) is 18.9. The van der Waals surface area contributed by atoms with E-state index in [-0.39, 0.29) is 11.7 Å². The minimum atomic E-state index is -0.111. The van der Waals surface area contributed by atoms with Gasteiger partial charge in [-0.15, -0.1) is 0 Å². The van der Waals surface area contributed by atoms with Crippen molar-refractivity contribution in [1.82, 2.24) is 0 Å². The zero-order valence-electron chi connectivity index (χ0n) is 15.1. The van der Waals surface area contributed by atoms with Crippen molar-refractivity contribution in [3.8, 4) is 0 Å². The first-order chi connectivity index (χ1) is 13.1. The van der Waals surface area contributed by atoms with Crippen molar-refractivity contribution in [3.05, 3.63) is 65.7 Å². The van der Waals surface area contributed by atoms with E-state index >= 15 is 0 Å². The van der Waals surface area contributed by atoms with Crippen LogP contribution in [0.1, 0.15) is 29.3 Å². The maximum absolute atomic E-state index is 12.3. The second-order valence-corrected chi connectivity index (χ2v) is 7.18. The molecular weight excluding hydrogens is 358 g/mol. The number of amides is 1. The number of allylic oxidation sites excluding steroid dienone is 1. The summed E-state index contributed by atoms with van der Waals surface area (Å²) >= 11 is 1.72. The first-order valence-corrected chi connectivity index (χ1v) is 9.73. The lowest BCUT2D eigenvalue weighted by Crippen LogP contribution is -2.13. The third-order valence-corrected chi connectivity index (χ3v) is 4.87. The minimum Gasteiger partial charge on any atom is -0.335 e. The van der Waals surface area contributed by atoms with Gasteiger partial charge in [0.05, 0.1) is 0 Å². The molecule has 0 saturated carbocycles. The van der Waals surface area contributed by atoms with Gasteiger partial charge in [0.1, 0.15) is 0 Å². The van der Waals surface area contributed by atoms with Crippen molar-refractivity contribution in [1.29, 1.82) is 0 Å². The second-order valence-electron chi connectivity index (χ2n) is 6.09. The number of carbonyl (C=O) groups is 2. The van der Waals surface area contributed by atoms with E-state index in [0.717, 1.165) is 40.8 Å². The van der Waals surface area contributed by atoms with Gasteiger partial charge >= 0.3 is 0 Å². The number of hydrogen-bond donors (Lipinski definition) is 2. The van der Waals surface area contributed by atoms with E-state index in [9.17, 15) is 9.59 Å². The molecule has 2 aromatic rings. The minimum absolute atomic E-state index is 0.0585. The van der Waals surface area contributed by atoms with Crippen LogP contribution >= 0.6 is 11.8 Å². The highest BCUT2D eigenvalue weighted by Crippen LogP contribution is 2.17. The Morgan fingerprint density at radius 3 is 2.37 bits per heavy atom. The molecule has 0 bridgehead atoms. The van der Waals surface area contributed by atoms with Crippen molar-refractivity contribution in [2.45, 2.75) is 13.3 Å². The van der Waals surface area contributed by atoms with Gasteiger partial charge in [-0.1, -0.05) is 30.0 Å². The molecule has 0 saturated heterocycles.